The van der Waals surface area contributed by atoms with Gasteiger partial charge in [0.2, 0.25) is 0 Å². The van der Waals surface area contributed by atoms with Gasteiger partial charge in [-0.2, -0.15) is 0 Å². The summed E-state index contributed by atoms with van der Waals surface area (Å²) in [7, 11) is 1.85. The van der Waals surface area contributed by atoms with Gasteiger partial charge in [0.05, 0.1) is 11.4 Å². The van der Waals surface area contributed by atoms with E-state index in [1.165, 1.54) is 5.56 Å². The summed E-state index contributed by atoms with van der Waals surface area (Å²) in [6.07, 6.45) is 1.69. The summed E-state index contributed by atoms with van der Waals surface area (Å²) in [6, 6.07) is 13.3. The molecule has 0 saturated heterocycles. The SMILES string of the molecule is [2H]C1(NC)CCC(c2ccc(Cl)c(Cl)c2)c2ccccc21. The van der Waals surface area contributed by atoms with Gasteiger partial charge < -0.3 is 5.32 Å². The highest BCUT2D eigenvalue weighted by atomic mass is 35.5. The van der Waals surface area contributed by atoms with E-state index in [1.807, 2.05) is 43.4 Å². The standard InChI is InChI=1S/C17H17Cl2N/c1-20-17-9-7-12(13-4-2-3-5-14(13)17)11-6-8-15(18)16(19)10-11/h2-6,8,10,12,17,20H,7,9H2,1H3/i17D. The van der Waals surface area contributed by atoms with Gasteiger partial charge in [-0.05, 0) is 48.7 Å². The lowest BCUT2D eigenvalue weighted by atomic mass is 9.77. The molecule has 0 aliphatic heterocycles. The average Bonchev–Trinajstić information content (AvgIpc) is 2.51. The Morgan fingerprint density at radius 2 is 1.80 bits per heavy atom. The zero-order valence-electron chi connectivity index (χ0n) is 12.3. The first-order valence-corrected chi connectivity index (χ1v) is 7.54. The number of nitrogens with one attached hydrogen (secondary N) is 1. The minimum atomic E-state index is -0.705. The third kappa shape index (κ3) is 2.46. The van der Waals surface area contributed by atoms with Crippen molar-refractivity contribution in [3.05, 3.63) is 69.2 Å². The van der Waals surface area contributed by atoms with E-state index >= 15 is 0 Å². The molecule has 0 fully saturated rings. The zero-order chi connectivity index (χ0) is 15.0. The molecular weight excluding hydrogens is 289 g/mol. The molecule has 0 bridgehead atoms. The van der Waals surface area contributed by atoms with Crippen molar-refractivity contribution >= 4 is 23.2 Å². The molecule has 1 aliphatic carbocycles. The highest BCUT2D eigenvalue weighted by Gasteiger charge is 2.27. The van der Waals surface area contributed by atoms with Crippen molar-refractivity contribution in [1.82, 2.24) is 5.32 Å². The Morgan fingerprint density at radius 3 is 2.50 bits per heavy atom. The molecule has 0 amide bonds. The van der Waals surface area contributed by atoms with Crippen LogP contribution in [0.1, 0.15) is 42.8 Å². The van der Waals surface area contributed by atoms with Crippen molar-refractivity contribution in [2.75, 3.05) is 7.05 Å². The molecule has 1 aliphatic rings. The van der Waals surface area contributed by atoms with Crippen LogP contribution in [0, 0.1) is 0 Å². The van der Waals surface area contributed by atoms with Gasteiger partial charge in [-0.25, -0.2) is 0 Å². The number of fused-ring (bicyclic) bond motifs is 1. The summed E-state index contributed by atoms with van der Waals surface area (Å²) in [4.78, 5) is 0. The topological polar surface area (TPSA) is 12.0 Å². The number of hydrogen-bond donors (Lipinski definition) is 1. The smallest absolute Gasteiger partial charge is 0.0595 e. The molecule has 0 aromatic heterocycles. The highest BCUT2D eigenvalue weighted by Crippen LogP contribution is 2.42. The maximum atomic E-state index is 8.62. The van der Waals surface area contributed by atoms with Gasteiger partial charge in [0.15, 0.2) is 0 Å². The second-order valence-corrected chi connectivity index (χ2v) is 5.90. The molecule has 20 heavy (non-hydrogen) atoms. The molecule has 3 heteroatoms. The molecule has 0 saturated carbocycles. The van der Waals surface area contributed by atoms with Gasteiger partial charge in [0.25, 0.3) is 0 Å². The summed E-state index contributed by atoms with van der Waals surface area (Å²) < 4.78 is 8.62. The lowest BCUT2D eigenvalue weighted by Gasteiger charge is -2.32. The second-order valence-electron chi connectivity index (χ2n) is 5.08. The molecule has 2 aromatic rings. The Hall–Kier alpha value is -1.02. The minimum Gasteiger partial charge on any atom is -0.313 e. The summed E-state index contributed by atoms with van der Waals surface area (Å²) in [5.74, 6) is 0.266. The third-order valence-electron chi connectivity index (χ3n) is 3.99. The van der Waals surface area contributed by atoms with Crippen molar-refractivity contribution in [1.29, 1.82) is 0 Å². The van der Waals surface area contributed by atoms with E-state index in [0.717, 1.165) is 24.0 Å². The summed E-state index contributed by atoms with van der Waals surface area (Å²) in [6.45, 7) is 0. The molecule has 2 atom stereocenters. The largest absolute Gasteiger partial charge is 0.313 e. The molecule has 2 unspecified atom stereocenters. The van der Waals surface area contributed by atoms with Crippen LogP contribution in [-0.2, 0) is 0 Å². The first kappa shape index (κ1) is 12.7. The molecule has 1 nitrogen and oxygen atoms in total. The molecule has 0 radical (unpaired) electrons. The number of rotatable bonds is 2. The lowest BCUT2D eigenvalue weighted by Crippen LogP contribution is -2.24. The summed E-state index contributed by atoms with van der Waals surface area (Å²) in [5, 5.41) is 4.31. The second kappa shape index (κ2) is 5.77. The Labute approximate surface area is 131 Å². The van der Waals surface area contributed by atoms with Crippen molar-refractivity contribution in [2.45, 2.75) is 24.8 Å². The maximum absolute atomic E-state index is 8.62. The molecule has 2 aromatic carbocycles. The van der Waals surface area contributed by atoms with Crippen LogP contribution in [0.25, 0.3) is 0 Å². The van der Waals surface area contributed by atoms with Gasteiger partial charge in [-0.15, -0.1) is 0 Å². The van der Waals surface area contributed by atoms with Gasteiger partial charge in [-0.1, -0.05) is 53.5 Å². The Balaban J connectivity index is 2.09. The molecule has 0 heterocycles. The van der Waals surface area contributed by atoms with E-state index < -0.39 is 6.02 Å². The highest BCUT2D eigenvalue weighted by molar-refractivity contribution is 6.42. The molecule has 3 rings (SSSR count). The van der Waals surface area contributed by atoms with Crippen LogP contribution in [0.15, 0.2) is 42.5 Å². The van der Waals surface area contributed by atoms with Crippen LogP contribution in [0.4, 0.5) is 0 Å². The monoisotopic (exact) mass is 306 g/mol. The number of halogens is 2. The molecule has 1 N–H and O–H groups in total. The van der Waals surface area contributed by atoms with Crippen LogP contribution in [0.5, 0.6) is 0 Å². The Bertz CT molecular complexity index is 674. The van der Waals surface area contributed by atoms with Crippen LogP contribution in [0.3, 0.4) is 0 Å². The van der Waals surface area contributed by atoms with Crippen LogP contribution < -0.4 is 5.32 Å². The van der Waals surface area contributed by atoms with Gasteiger partial charge >= 0.3 is 0 Å². The predicted octanol–water partition coefficient (Wildman–Crippen LogP) is 5.18. The van der Waals surface area contributed by atoms with E-state index in [-0.39, 0.29) is 5.92 Å². The van der Waals surface area contributed by atoms with E-state index in [9.17, 15) is 0 Å². The summed E-state index contributed by atoms with van der Waals surface area (Å²) in [5.41, 5.74) is 3.41. The van der Waals surface area contributed by atoms with Crippen molar-refractivity contribution in [3.8, 4) is 0 Å². The van der Waals surface area contributed by atoms with E-state index in [4.69, 9.17) is 24.6 Å². The van der Waals surface area contributed by atoms with Crippen LogP contribution >= 0.6 is 23.2 Å². The fourth-order valence-corrected chi connectivity index (χ4v) is 3.30. The van der Waals surface area contributed by atoms with E-state index in [0.29, 0.717) is 10.0 Å². The lowest BCUT2D eigenvalue weighted by molar-refractivity contribution is 0.471. The van der Waals surface area contributed by atoms with Crippen LogP contribution in [0.2, 0.25) is 10.0 Å². The molecular formula is C17H17Cl2N. The zero-order valence-corrected chi connectivity index (χ0v) is 12.8. The van der Waals surface area contributed by atoms with Gasteiger partial charge in [0, 0.05) is 11.9 Å². The minimum absolute atomic E-state index is 0.266. The first-order valence-electron chi connectivity index (χ1n) is 7.28. The van der Waals surface area contributed by atoms with Crippen molar-refractivity contribution < 1.29 is 1.37 Å². The van der Waals surface area contributed by atoms with Crippen LogP contribution in [-0.4, -0.2) is 7.05 Å². The third-order valence-corrected chi connectivity index (χ3v) is 4.73. The first-order chi connectivity index (χ1) is 10.0. The quantitative estimate of drug-likeness (QED) is 0.806. The number of hydrogen-bond acceptors (Lipinski definition) is 1. The fraction of sp³-hybridized carbons (Fsp3) is 0.294. The molecule has 104 valence electrons. The fourth-order valence-electron chi connectivity index (χ4n) is 2.99. The maximum Gasteiger partial charge on any atom is 0.0595 e. The summed E-state index contributed by atoms with van der Waals surface area (Å²) >= 11 is 12.2. The average molecular weight is 307 g/mol. The van der Waals surface area contributed by atoms with Crippen molar-refractivity contribution in [3.63, 3.8) is 0 Å². The van der Waals surface area contributed by atoms with E-state index in [2.05, 4.69) is 11.4 Å². The number of benzene rings is 2. The molecule has 0 spiro atoms. The Kier molecular flexibility index (Phi) is 3.66. The predicted molar refractivity (Wildman–Crippen MR) is 85.8 cm³/mol. The van der Waals surface area contributed by atoms with Gasteiger partial charge in [0.1, 0.15) is 0 Å². The normalized spacial score (nSPS) is 25.9. The van der Waals surface area contributed by atoms with Gasteiger partial charge in [-0.3, -0.25) is 0 Å². The Morgan fingerprint density at radius 1 is 1.05 bits per heavy atom. The van der Waals surface area contributed by atoms with Crippen molar-refractivity contribution in [2.24, 2.45) is 0 Å². The van der Waals surface area contributed by atoms with E-state index in [1.54, 1.807) is 0 Å².